The van der Waals surface area contributed by atoms with E-state index in [1.54, 1.807) is 0 Å². The number of nitriles is 1. The molecule has 0 radical (unpaired) electrons. The van der Waals surface area contributed by atoms with Gasteiger partial charge in [-0.2, -0.15) is 5.26 Å². The fraction of sp³-hybridized carbons (Fsp3) is 0.481. The maximum Gasteiger partial charge on any atom is 0.338 e. The van der Waals surface area contributed by atoms with Crippen LogP contribution in [0.25, 0.3) is 0 Å². The largest absolute Gasteiger partial charge is 0.492 e. The van der Waals surface area contributed by atoms with Crippen molar-refractivity contribution in [3.8, 4) is 11.8 Å². The van der Waals surface area contributed by atoms with E-state index in [-0.39, 0.29) is 5.97 Å². The Morgan fingerprint density at radius 3 is 2.64 bits per heavy atom. The average molecular weight is 448 g/mol. The normalized spacial score (nSPS) is 17.3. The molecule has 1 saturated heterocycles. The van der Waals surface area contributed by atoms with Gasteiger partial charge in [-0.3, -0.25) is 0 Å². The molecular weight excluding hydrogens is 414 g/mol. The van der Waals surface area contributed by atoms with Gasteiger partial charge in [-0.05, 0) is 61.1 Å². The number of rotatable bonds is 8. The van der Waals surface area contributed by atoms with Gasteiger partial charge >= 0.3 is 5.97 Å². The van der Waals surface area contributed by atoms with Crippen LogP contribution in [0.4, 0.5) is 0 Å². The number of carbonyl (C=O) groups excluding carboxylic acids is 1. The zero-order chi connectivity index (χ0) is 23.4. The zero-order valence-electron chi connectivity index (χ0n) is 19.9. The van der Waals surface area contributed by atoms with Gasteiger partial charge in [0, 0.05) is 44.8 Å². The molecule has 6 nitrogen and oxygen atoms in total. The standard InChI is InChI=1S/C27H33N3O3/c1-4-32-26-15-22(5-6-23(26)16-28)19(2)17-30-13-11-29(12-14-30)10-9-21-7-8-24-25(20(21)3)18-33-27(24)31/h5-8,15,19H,4,9-14,17-18H2,1-3H3. The fourth-order valence-corrected chi connectivity index (χ4v) is 4.85. The highest BCUT2D eigenvalue weighted by Gasteiger charge is 2.24. The van der Waals surface area contributed by atoms with Crippen LogP contribution in [-0.4, -0.2) is 61.6 Å². The maximum absolute atomic E-state index is 11.8. The van der Waals surface area contributed by atoms with Crippen molar-refractivity contribution in [2.24, 2.45) is 0 Å². The molecule has 6 heteroatoms. The van der Waals surface area contributed by atoms with Gasteiger partial charge in [0.1, 0.15) is 18.4 Å². The second kappa shape index (κ2) is 10.4. The first-order valence-corrected chi connectivity index (χ1v) is 11.9. The quantitative estimate of drug-likeness (QED) is 0.572. The number of cyclic esters (lactones) is 1. The summed E-state index contributed by atoms with van der Waals surface area (Å²) in [7, 11) is 0. The van der Waals surface area contributed by atoms with Crippen molar-refractivity contribution in [2.75, 3.05) is 45.9 Å². The van der Waals surface area contributed by atoms with E-state index in [1.165, 1.54) is 16.7 Å². The molecule has 0 aromatic heterocycles. The lowest BCUT2D eigenvalue weighted by molar-refractivity contribution is 0.0535. The van der Waals surface area contributed by atoms with Crippen LogP contribution < -0.4 is 4.74 Å². The Morgan fingerprint density at radius 1 is 1.15 bits per heavy atom. The summed E-state index contributed by atoms with van der Waals surface area (Å²) < 4.78 is 10.8. The number of ether oxygens (including phenoxy) is 2. The Balaban J connectivity index is 1.27. The van der Waals surface area contributed by atoms with Gasteiger partial charge in [0.2, 0.25) is 0 Å². The minimum atomic E-state index is -0.194. The molecule has 0 spiro atoms. The summed E-state index contributed by atoms with van der Waals surface area (Å²) in [5.74, 6) is 0.870. The molecule has 174 valence electrons. The van der Waals surface area contributed by atoms with E-state index in [2.05, 4.69) is 41.8 Å². The SMILES string of the molecule is CCOc1cc(C(C)CN2CCN(CCc3ccc4c(c3C)COC4=O)CC2)ccc1C#N. The summed E-state index contributed by atoms with van der Waals surface area (Å²) in [4.78, 5) is 16.8. The van der Waals surface area contributed by atoms with E-state index in [4.69, 9.17) is 9.47 Å². The van der Waals surface area contributed by atoms with Gasteiger partial charge in [-0.1, -0.05) is 19.1 Å². The van der Waals surface area contributed by atoms with Crippen LogP contribution in [0.1, 0.15) is 57.9 Å². The highest BCUT2D eigenvalue weighted by Crippen LogP contribution is 2.27. The fourth-order valence-electron chi connectivity index (χ4n) is 4.85. The van der Waals surface area contributed by atoms with Crippen molar-refractivity contribution in [3.63, 3.8) is 0 Å². The van der Waals surface area contributed by atoms with Gasteiger partial charge in [0.05, 0.1) is 17.7 Å². The Bertz CT molecular complexity index is 1050. The highest BCUT2D eigenvalue weighted by atomic mass is 16.5. The monoisotopic (exact) mass is 447 g/mol. The predicted molar refractivity (Wildman–Crippen MR) is 128 cm³/mol. The van der Waals surface area contributed by atoms with E-state index in [0.717, 1.165) is 56.8 Å². The molecule has 2 aromatic rings. The summed E-state index contributed by atoms with van der Waals surface area (Å²) >= 11 is 0. The smallest absolute Gasteiger partial charge is 0.338 e. The predicted octanol–water partition coefficient (Wildman–Crippen LogP) is 3.90. The van der Waals surface area contributed by atoms with E-state index in [9.17, 15) is 10.1 Å². The van der Waals surface area contributed by atoms with Crippen molar-refractivity contribution in [1.29, 1.82) is 5.26 Å². The molecule has 1 atom stereocenters. The number of nitrogens with zero attached hydrogens (tertiary/aromatic N) is 3. The van der Waals surface area contributed by atoms with Gasteiger partial charge in [0.15, 0.2) is 0 Å². The minimum Gasteiger partial charge on any atom is -0.492 e. The first-order chi connectivity index (χ1) is 16.0. The lowest BCUT2D eigenvalue weighted by atomic mass is 9.96. The molecule has 0 N–H and O–H groups in total. The molecule has 1 fully saturated rings. The summed E-state index contributed by atoms with van der Waals surface area (Å²) in [6, 6.07) is 12.2. The highest BCUT2D eigenvalue weighted by molar-refractivity contribution is 5.93. The summed E-state index contributed by atoms with van der Waals surface area (Å²) in [5.41, 5.74) is 6.13. The minimum absolute atomic E-state index is 0.194. The number of piperazine rings is 1. The molecule has 0 amide bonds. The van der Waals surface area contributed by atoms with Gasteiger partial charge in [0.25, 0.3) is 0 Å². The van der Waals surface area contributed by atoms with Crippen molar-refractivity contribution in [3.05, 3.63) is 63.7 Å². The second-order valence-electron chi connectivity index (χ2n) is 9.05. The van der Waals surface area contributed by atoms with Crippen molar-refractivity contribution in [1.82, 2.24) is 9.80 Å². The Kier molecular flexibility index (Phi) is 7.32. The number of benzene rings is 2. The van der Waals surface area contributed by atoms with E-state index in [1.807, 2.05) is 25.1 Å². The maximum atomic E-state index is 11.8. The first-order valence-electron chi connectivity index (χ1n) is 11.9. The third-order valence-electron chi connectivity index (χ3n) is 6.97. The van der Waals surface area contributed by atoms with Crippen molar-refractivity contribution in [2.45, 2.75) is 39.7 Å². The molecule has 0 bridgehead atoms. The topological polar surface area (TPSA) is 65.8 Å². The van der Waals surface area contributed by atoms with Gasteiger partial charge in [-0.25, -0.2) is 4.79 Å². The van der Waals surface area contributed by atoms with Crippen LogP contribution in [0.5, 0.6) is 5.75 Å². The van der Waals surface area contributed by atoms with E-state index >= 15 is 0 Å². The van der Waals surface area contributed by atoms with Crippen LogP contribution in [0, 0.1) is 18.3 Å². The zero-order valence-corrected chi connectivity index (χ0v) is 19.9. The molecule has 2 heterocycles. The molecule has 33 heavy (non-hydrogen) atoms. The molecule has 2 aliphatic heterocycles. The Hall–Kier alpha value is -2.88. The summed E-state index contributed by atoms with van der Waals surface area (Å²) in [6.45, 7) is 13.6. The number of esters is 1. The Morgan fingerprint density at radius 2 is 1.91 bits per heavy atom. The van der Waals surface area contributed by atoms with Gasteiger partial charge < -0.3 is 19.3 Å². The summed E-state index contributed by atoms with van der Waals surface area (Å²) in [6.07, 6.45) is 0.995. The molecule has 1 unspecified atom stereocenters. The average Bonchev–Trinajstić information content (AvgIpc) is 3.21. The second-order valence-corrected chi connectivity index (χ2v) is 9.05. The van der Waals surface area contributed by atoms with Crippen LogP contribution in [-0.2, 0) is 17.8 Å². The van der Waals surface area contributed by atoms with E-state index in [0.29, 0.717) is 30.4 Å². The van der Waals surface area contributed by atoms with Gasteiger partial charge in [-0.15, -0.1) is 0 Å². The number of hydrogen-bond donors (Lipinski definition) is 0. The number of fused-ring (bicyclic) bond motifs is 1. The Labute approximate surface area is 196 Å². The first kappa shape index (κ1) is 23.3. The van der Waals surface area contributed by atoms with E-state index < -0.39 is 0 Å². The lowest BCUT2D eigenvalue weighted by Gasteiger charge is -2.36. The third kappa shape index (κ3) is 5.21. The summed E-state index contributed by atoms with van der Waals surface area (Å²) in [5, 5.41) is 9.28. The molecular formula is C27H33N3O3. The molecule has 2 aromatic carbocycles. The molecule has 4 rings (SSSR count). The number of carbonyl (C=O) groups is 1. The van der Waals surface area contributed by atoms with Crippen LogP contribution in [0.2, 0.25) is 0 Å². The molecule has 0 aliphatic carbocycles. The van der Waals surface area contributed by atoms with Crippen LogP contribution in [0.3, 0.4) is 0 Å². The number of hydrogen-bond acceptors (Lipinski definition) is 6. The molecule has 2 aliphatic rings. The van der Waals surface area contributed by atoms with Crippen LogP contribution >= 0.6 is 0 Å². The van der Waals surface area contributed by atoms with Crippen molar-refractivity contribution < 1.29 is 14.3 Å². The van der Waals surface area contributed by atoms with Crippen molar-refractivity contribution >= 4 is 5.97 Å². The molecule has 0 saturated carbocycles. The lowest BCUT2D eigenvalue weighted by Crippen LogP contribution is -2.47. The van der Waals surface area contributed by atoms with Crippen LogP contribution in [0.15, 0.2) is 30.3 Å². The third-order valence-corrected chi connectivity index (χ3v) is 6.97.